The predicted octanol–water partition coefficient (Wildman–Crippen LogP) is 1.76. The second kappa shape index (κ2) is 6.95. The van der Waals surface area contributed by atoms with Crippen molar-refractivity contribution in [1.82, 2.24) is 14.5 Å². The van der Waals surface area contributed by atoms with Gasteiger partial charge in [0.25, 0.3) is 5.91 Å². The topological polar surface area (TPSA) is 50.6 Å². The number of benzene rings is 1. The standard InChI is InChI=1S/C18H24N4O2/c1-14-4-5-16(15(2)12-14)24-13-17(23)21-8-10-22(11-9-21)18-19-6-7-20(18)3/h4-7,12H,8-11,13H2,1-3H3. The first kappa shape index (κ1) is 16.4. The van der Waals surface area contributed by atoms with E-state index in [0.717, 1.165) is 30.4 Å². The molecule has 0 unspecified atom stereocenters. The van der Waals surface area contributed by atoms with Gasteiger partial charge in [0, 0.05) is 45.6 Å². The highest BCUT2D eigenvalue weighted by Gasteiger charge is 2.23. The Labute approximate surface area is 142 Å². The van der Waals surface area contributed by atoms with E-state index in [1.54, 1.807) is 6.20 Å². The third-order valence-electron chi connectivity index (χ3n) is 4.39. The fraction of sp³-hybridized carbons (Fsp3) is 0.444. The number of hydrogen-bond acceptors (Lipinski definition) is 4. The number of piperazine rings is 1. The summed E-state index contributed by atoms with van der Waals surface area (Å²) in [5, 5.41) is 0. The Hall–Kier alpha value is -2.50. The minimum Gasteiger partial charge on any atom is -0.484 e. The first-order chi connectivity index (χ1) is 11.5. The number of nitrogens with zero attached hydrogens (tertiary/aromatic N) is 4. The number of aromatic nitrogens is 2. The molecular formula is C18H24N4O2. The molecule has 1 amide bonds. The minimum atomic E-state index is 0.0365. The average molecular weight is 328 g/mol. The molecule has 1 aliphatic heterocycles. The molecule has 2 heterocycles. The molecule has 0 atom stereocenters. The number of amides is 1. The van der Waals surface area contributed by atoms with Gasteiger partial charge in [-0.1, -0.05) is 17.7 Å². The molecule has 6 nitrogen and oxygen atoms in total. The lowest BCUT2D eigenvalue weighted by Crippen LogP contribution is -2.50. The Morgan fingerprint density at radius 3 is 2.58 bits per heavy atom. The van der Waals surface area contributed by atoms with Crippen LogP contribution in [0.1, 0.15) is 11.1 Å². The molecule has 128 valence electrons. The Balaban J connectivity index is 1.51. The number of aryl methyl sites for hydroxylation is 3. The molecule has 1 fully saturated rings. The van der Waals surface area contributed by atoms with E-state index in [1.165, 1.54) is 5.56 Å². The van der Waals surface area contributed by atoms with E-state index in [2.05, 4.69) is 16.0 Å². The van der Waals surface area contributed by atoms with Crippen LogP contribution in [0, 0.1) is 13.8 Å². The fourth-order valence-electron chi connectivity index (χ4n) is 3.01. The molecule has 6 heteroatoms. The number of hydrogen-bond donors (Lipinski definition) is 0. The van der Waals surface area contributed by atoms with Crippen molar-refractivity contribution in [3.63, 3.8) is 0 Å². The molecule has 0 spiro atoms. The van der Waals surface area contributed by atoms with Crippen molar-refractivity contribution in [2.24, 2.45) is 7.05 Å². The Morgan fingerprint density at radius 1 is 1.21 bits per heavy atom. The second-order valence-electron chi connectivity index (χ2n) is 6.26. The summed E-state index contributed by atoms with van der Waals surface area (Å²) in [6, 6.07) is 5.99. The number of imidazole rings is 1. The smallest absolute Gasteiger partial charge is 0.260 e. The maximum atomic E-state index is 12.4. The quantitative estimate of drug-likeness (QED) is 0.858. The maximum Gasteiger partial charge on any atom is 0.260 e. The van der Waals surface area contributed by atoms with E-state index in [0.29, 0.717) is 13.1 Å². The summed E-state index contributed by atoms with van der Waals surface area (Å²) < 4.78 is 7.70. The zero-order chi connectivity index (χ0) is 17.1. The van der Waals surface area contributed by atoms with Gasteiger partial charge in [-0.2, -0.15) is 0 Å². The number of carbonyl (C=O) groups is 1. The normalized spacial score (nSPS) is 14.8. The Bertz CT molecular complexity index is 718. The number of ether oxygens (including phenoxy) is 1. The molecule has 3 rings (SSSR count). The van der Waals surface area contributed by atoms with Gasteiger partial charge in [0.15, 0.2) is 6.61 Å². The number of rotatable bonds is 4. The van der Waals surface area contributed by atoms with Crippen LogP contribution in [0.5, 0.6) is 5.75 Å². The van der Waals surface area contributed by atoms with E-state index in [-0.39, 0.29) is 12.5 Å². The zero-order valence-corrected chi connectivity index (χ0v) is 14.5. The number of carbonyl (C=O) groups excluding carboxylic acids is 1. The van der Waals surface area contributed by atoms with Crippen LogP contribution >= 0.6 is 0 Å². The molecule has 0 N–H and O–H groups in total. The molecule has 0 aliphatic carbocycles. The average Bonchev–Trinajstić information content (AvgIpc) is 3.00. The molecule has 0 radical (unpaired) electrons. The lowest BCUT2D eigenvalue weighted by Gasteiger charge is -2.35. The van der Waals surface area contributed by atoms with E-state index >= 15 is 0 Å². The minimum absolute atomic E-state index is 0.0365. The maximum absolute atomic E-state index is 12.4. The lowest BCUT2D eigenvalue weighted by molar-refractivity contribution is -0.133. The van der Waals surface area contributed by atoms with Gasteiger partial charge in [-0.15, -0.1) is 0 Å². The largest absolute Gasteiger partial charge is 0.484 e. The van der Waals surface area contributed by atoms with Gasteiger partial charge in [0.05, 0.1) is 0 Å². The van der Waals surface area contributed by atoms with Crippen LogP contribution in [-0.4, -0.2) is 53.1 Å². The molecule has 24 heavy (non-hydrogen) atoms. The monoisotopic (exact) mass is 328 g/mol. The van der Waals surface area contributed by atoms with Crippen LogP contribution in [0.25, 0.3) is 0 Å². The molecule has 0 saturated carbocycles. The van der Waals surface area contributed by atoms with Crippen molar-refractivity contribution in [2.45, 2.75) is 13.8 Å². The van der Waals surface area contributed by atoms with E-state index in [1.807, 2.05) is 48.7 Å². The van der Waals surface area contributed by atoms with Crippen LogP contribution in [0.15, 0.2) is 30.6 Å². The zero-order valence-electron chi connectivity index (χ0n) is 14.5. The van der Waals surface area contributed by atoms with Gasteiger partial charge in [-0.05, 0) is 25.5 Å². The number of anilines is 1. The van der Waals surface area contributed by atoms with Crippen molar-refractivity contribution in [2.75, 3.05) is 37.7 Å². The van der Waals surface area contributed by atoms with Crippen LogP contribution < -0.4 is 9.64 Å². The lowest BCUT2D eigenvalue weighted by atomic mass is 10.1. The van der Waals surface area contributed by atoms with Crippen LogP contribution in [0.2, 0.25) is 0 Å². The third-order valence-corrected chi connectivity index (χ3v) is 4.39. The van der Waals surface area contributed by atoms with Crippen molar-refractivity contribution in [3.05, 3.63) is 41.7 Å². The summed E-state index contributed by atoms with van der Waals surface area (Å²) in [5.41, 5.74) is 2.25. The first-order valence-corrected chi connectivity index (χ1v) is 8.24. The van der Waals surface area contributed by atoms with E-state index in [9.17, 15) is 4.79 Å². The molecule has 0 bridgehead atoms. The van der Waals surface area contributed by atoms with Crippen LogP contribution in [-0.2, 0) is 11.8 Å². The predicted molar refractivity (Wildman–Crippen MR) is 93.4 cm³/mol. The second-order valence-corrected chi connectivity index (χ2v) is 6.26. The summed E-state index contributed by atoms with van der Waals surface area (Å²) in [7, 11) is 1.98. The summed E-state index contributed by atoms with van der Waals surface area (Å²) in [5.74, 6) is 1.77. The summed E-state index contributed by atoms with van der Waals surface area (Å²) in [6.45, 7) is 7.11. The van der Waals surface area contributed by atoms with Crippen molar-refractivity contribution < 1.29 is 9.53 Å². The van der Waals surface area contributed by atoms with E-state index in [4.69, 9.17) is 4.74 Å². The van der Waals surface area contributed by atoms with Gasteiger partial charge >= 0.3 is 0 Å². The van der Waals surface area contributed by atoms with Gasteiger partial charge < -0.3 is 19.1 Å². The highest BCUT2D eigenvalue weighted by atomic mass is 16.5. The molecule has 1 saturated heterocycles. The summed E-state index contributed by atoms with van der Waals surface area (Å²) in [6.07, 6.45) is 3.73. The fourth-order valence-corrected chi connectivity index (χ4v) is 3.01. The van der Waals surface area contributed by atoms with Crippen LogP contribution in [0.3, 0.4) is 0 Å². The van der Waals surface area contributed by atoms with Gasteiger partial charge in [-0.3, -0.25) is 4.79 Å². The third kappa shape index (κ3) is 3.53. The molecule has 1 aliphatic rings. The van der Waals surface area contributed by atoms with Gasteiger partial charge in [-0.25, -0.2) is 4.98 Å². The summed E-state index contributed by atoms with van der Waals surface area (Å²) in [4.78, 5) is 20.8. The molecular weight excluding hydrogens is 304 g/mol. The Kier molecular flexibility index (Phi) is 4.74. The highest BCUT2D eigenvalue weighted by molar-refractivity contribution is 5.78. The highest BCUT2D eigenvalue weighted by Crippen LogP contribution is 2.19. The van der Waals surface area contributed by atoms with Gasteiger partial charge in [0.1, 0.15) is 5.75 Å². The first-order valence-electron chi connectivity index (χ1n) is 8.24. The Morgan fingerprint density at radius 2 is 1.96 bits per heavy atom. The van der Waals surface area contributed by atoms with Crippen LogP contribution in [0.4, 0.5) is 5.95 Å². The van der Waals surface area contributed by atoms with Crippen molar-refractivity contribution >= 4 is 11.9 Å². The van der Waals surface area contributed by atoms with Crippen molar-refractivity contribution in [3.8, 4) is 5.75 Å². The van der Waals surface area contributed by atoms with Crippen molar-refractivity contribution in [1.29, 1.82) is 0 Å². The molecule has 2 aromatic rings. The summed E-state index contributed by atoms with van der Waals surface area (Å²) >= 11 is 0. The van der Waals surface area contributed by atoms with E-state index < -0.39 is 0 Å². The SMILES string of the molecule is Cc1ccc(OCC(=O)N2CCN(c3nccn3C)CC2)c(C)c1. The van der Waals surface area contributed by atoms with Gasteiger partial charge in [0.2, 0.25) is 5.95 Å². The molecule has 1 aromatic heterocycles. The molecule has 1 aromatic carbocycles.